The fraction of sp³-hybridized carbons (Fsp3) is 0.467. The molecule has 7 heteroatoms. The summed E-state index contributed by atoms with van der Waals surface area (Å²) in [6.07, 6.45) is -2.53. The van der Waals surface area contributed by atoms with Gasteiger partial charge in [-0.15, -0.1) is 11.3 Å². The molecule has 1 aliphatic carbocycles. The van der Waals surface area contributed by atoms with E-state index in [9.17, 15) is 18.0 Å². The molecule has 1 N–H and O–H groups in total. The molecule has 0 radical (unpaired) electrons. The Morgan fingerprint density at radius 2 is 2.05 bits per heavy atom. The van der Waals surface area contributed by atoms with Gasteiger partial charge >= 0.3 is 6.18 Å². The van der Waals surface area contributed by atoms with Crippen LogP contribution in [0, 0.1) is 5.92 Å². The van der Waals surface area contributed by atoms with Crippen LogP contribution in [0.15, 0.2) is 23.7 Å². The first kappa shape index (κ1) is 15.3. The number of amides is 1. The first-order chi connectivity index (χ1) is 10.4. The van der Waals surface area contributed by atoms with E-state index >= 15 is 0 Å². The molecule has 0 bridgehead atoms. The average Bonchev–Trinajstić information content (AvgIpc) is 2.94. The van der Waals surface area contributed by atoms with Crippen LogP contribution in [-0.4, -0.2) is 23.1 Å². The van der Waals surface area contributed by atoms with E-state index in [1.54, 1.807) is 23.7 Å². The number of carbonyl (C=O) groups is 1. The van der Waals surface area contributed by atoms with E-state index in [-0.39, 0.29) is 6.42 Å². The van der Waals surface area contributed by atoms with Gasteiger partial charge in [-0.25, -0.2) is 4.98 Å². The Labute approximate surface area is 129 Å². The molecule has 0 unspecified atom stereocenters. The fourth-order valence-corrected chi connectivity index (χ4v) is 3.66. The Morgan fingerprint density at radius 1 is 1.27 bits per heavy atom. The maximum absolute atomic E-state index is 13.1. The molecule has 2 atom stereocenters. The van der Waals surface area contributed by atoms with Crippen LogP contribution >= 0.6 is 11.3 Å². The van der Waals surface area contributed by atoms with Crippen molar-refractivity contribution in [2.45, 2.75) is 37.9 Å². The molecular formula is C15H15F3N2OS. The number of nitrogens with zero attached hydrogens (tertiary/aromatic N) is 1. The number of nitrogens with one attached hydrogen (secondary N) is 1. The number of alkyl halides is 3. The summed E-state index contributed by atoms with van der Waals surface area (Å²) in [5, 5.41) is 2.57. The second-order valence-corrected chi connectivity index (χ2v) is 6.43. The number of benzene rings is 1. The molecular weight excluding hydrogens is 313 g/mol. The summed E-state index contributed by atoms with van der Waals surface area (Å²) >= 11 is 1.40. The smallest absolute Gasteiger partial charge is 0.349 e. The van der Waals surface area contributed by atoms with E-state index in [4.69, 9.17) is 0 Å². The van der Waals surface area contributed by atoms with Crippen molar-refractivity contribution in [1.82, 2.24) is 10.3 Å². The number of fused-ring (bicyclic) bond motifs is 1. The third-order valence-corrected chi connectivity index (χ3v) is 4.89. The second kappa shape index (κ2) is 5.87. The fourth-order valence-electron chi connectivity index (χ4n) is 2.94. The highest BCUT2D eigenvalue weighted by atomic mass is 32.1. The number of hydrogen-bond donors (Lipinski definition) is 1. The van der Waals surface area contributed by atoms with Crippen molar-refractivity contribution < 1.29 is 18.0 Å². The molecule has 3 nitrogen and oxygen atoms in total. The topological polar surface area (TPSA) is 42.0 Å². The Bertz CT molecular complexity index is 683. The van der Waals surface area contributed by atoms with Gasteiger partial charge in [0, 0.05) is 11.6 Å². The number of rotatable bonds is 2. The predicted molar refractivity (Wildman–Crippen MR) is 78.9 cm³/mol. The summed E-state index contributed by atoms with van der Waals surface area (Å²) < 4.78 is 40.0. The van der Waals surface area contributed by atoms with Crippen LogP contribution in [0.3, 0.4) is 0 Å². The molecule has 118 valence electrons. The van der Waals surface area contributed by atoms with Gasteiger partial charge < -0.3 is 5.32 Å². The Kier molecular flexibility index (Phi) is 4.08. The lowest BCUT2D eigenvalue weighted by Gasteiger charge is -2.33. The highest BCUT2D eigenvalue weighted by Crippen LogP contribution is 2.37. The third kappa shape index (κ3) is 3.09. The van der Waals surface area contributed by atoms with Crippen molar-refractivity contribution in [2.24, 2.45) is 5.92 Å². The summed E-state index contributed by atoms with van der Waals surface area (Å²) in [4.78, 5) is 16.4. The molecule has 1 aromatic heterocycles. The Balaban J connectivity index is 1.77. The SMILES string of the molecule is O=C(N[C@@H]1CCCC[C@H]1C(F)(F)F)c1ccc2ncsc2c1. The Morgan fingerprint density at radius 3 is 2.82 bits per heavy atom. The summed E-state index contributed by atoms with van der Waals surface area (Å²) in [5.41, 5.74) is 2.84. The van der Waals surface area contributed by atoms with Gasteiger partial charge in [-0.1, -0.05) is 12.8 Å². The van der Waals surface area contributed by atoms with Gasteiger partial charge in [-0.2, -0.15) is 13.2 Å². The molecule has 1 aliphatic rings. The van der Waals surface area contributed by atoms with Gasteiger partial charge in [-0.3, -0.25) is 4.79 Å². The van der Waals surface area contributed by atoms with Crippen molar-refractivity contribution in [3.8, 4) is 0 Å². The predicted octanol–water partition coefficient (Wildman–Crippen LogP) is 4.15. The Hall–Kier alpha value is -1.63. The molecule has 22 heavy (non-hydrogen) atoms. The summed E-state index contributed by atoms with van der Waals surface area (Å²) in [5.74, 6) is -1.89. The lowest BCUT2D eigenvalue weighted by molar-refractivity contribution is -0.187. The zero-order valence-electron chi connectivity index (χ0n) is 11.7. The maximum Gasteiger partial charge on any atom is 0.393 e. The minimum absolute atomic E-state index is 0.0856. The zero-order valence-corrected chi connectivity index (χ0v) is 12.5. The standard InChI is InChI=1S/C15H15F3N2OS/c16-15(17,18)10-3-1-2-4-11(10)20-14(21)9-5-6-12-13(7-9)22-8-19-12/h5-8,10-11H,1-4H2,(H,20,21)/t10-,11-/m1/s1. The molecule has 2 aromatic rings. The van der Waals surface area contributed by atoms with Crippen LogP contribution in [0.2, 0.25) is 0 Å². The lowest BCUT2D eigenvalue weighted by Crippen LogP contribution is -2.47. The zero-order chi connectivity index (χ0) is 15.7. The molecule has 0 saturated heterocycles. The van der Waals surface area contributed by atoms with Gasteiger partial charge in [0.15, 0.2) is 0 Å². The molecule has 0 aliphatic heterocycles. The quantitative estimate of drug-likeness (QED) is 0.900. The molecule has 1 aromatic carbocycles. The lowest BCUT2D eigenvalue weighted by atomic mass is 9.84. The van der Waals surface area contributed by atoms with Crippen LogP contribution in [0.4, 0.5) is 13.2 Å². The van der Waals surface area contributed by atoms with Crippen molar-refractivity contribution >= 4 is 27.5 Å². The molecule has 1 heterocycles. The van der Waals surface area contributed by atoms with Crippen molar-refractivity contribution in [3.63, 3.8) is 0 Å². The highest BCUT2D eigenvalue weighted by molar-refractivity contribution is 7.16. The normalized spacial score (nSPS) is 22.7. The summed E-state index contributed by atoms with van der Waals surface area (Å²) in [6, 6.07) is 4.15. The average molecular weight is 328 g/mol. The van der Waals surface area contributed by atoms with Gasteiger partial charge in [0.2, 0.25) is 0 Å². The maximum atomic E-state index is 13.1. The van der Waals surface area contributed by atoms with Crippen LogP contribution in [0.25, 0.3) is 10.2 Å². The van der Waals surface area contributed by atoms with Crippen LogP contribution in [0.1, 0.15) is 36.0 Å². The first-order valence-corrected chi connectivity index (χ1v) is 8.04. The second-order valence-electron chi connectivity index (χ2n) is 5.55. The largest absolute Gasteiger partial charge is 0.393 e. The number of hydrogen-bond acceptors (Lipinski definition) is 3. The molecule has 1 amide bonds. The van der Waals surface area contributed by atoms with Crippen LogP contribution in [0.5, 0.6) is 0 Å². The van der Waals surface area contributed by atoms with Crippen molar-refractivity contribution in [2.75, 3.05) is 0 Å². The van der Waals surface area contributed by atoms with Gasteiger partial charge in [0.25, 0.3) is 5.91 Å². The van der Waals surface area contributed by atoms with Gasteiger partial charge in [0.05, 0.1) is 21.6 Å². The van der Waals surface area contributed by atoms with Gasteiger partial charge in [-0.05, 0) is 31.0 Å². The van der Waals surface area contributed by atoms with Crippen LogP contribution < -0.4 is 5.32 Å². The van der Waals surface area contributed by atoms with Gasteiger partial charge in [0.1, 0.15) is 0 Å². The van der Waals surface area contributed by atoms with E-state index in [1.165, 1.54) is 11.3 Å². The number of halogens is 3. The van der Waals surface area contributed by atoms with E-state index in [0.29, 0.717) is 24.8 Å². The first-order valence-electron chi connectivity index (χ1n) is 7.16. The highest BCUT2D eigenvalue weighted by Gasteiger charge is 2.45. The summed E-state index contributed by atoms with van der Waals surface area (Å²) in [6.45, 7) is 0. The number of thiazole rings is 1. The number of carbonyl (C=O) groups excluding carboxylic acids is 1. The van der Waals surface area contributed by atoms with E-state index < -0.39 is 24.0 Å². The van der Waals surface area contributed by atoms with E-state index in [1.807, 2.05) is 0 Å². The van der Waals surface area contributed by atoms with Crippen LogP contribution in [-0.2, 0) is 0 Å². The molecule has 1 saturated carbocycles. The molecule has 3 rings (SSSR count). The minimum Gasteiger partial charge on any atom is -0.349 e. The van der Waals surface area contributed by atoms with E-state index in [2.05, 4.69) is 10.3 Å². The monoisotopic (exact) mass is 328 g/mol. The molecule has 1 fully saturated rings. The van der Waals surface area contributed by atoms with E-state index in [0.717, 1.165) is 10.2 Å². The van der Waals surface area contributed by atoms with Crippen molar-refractivity contribution in [3.05, 3.63) is 29.3 Å². The summed E-state index contributed by atoms with van der Waals surface area (Å²) in [7, 11) is 0. The number of aromatic nitrogens is 1. The minimum atomic E-state index is -4.26. The molecule has 0 spiro atoms. The third-order valence-electron chi connectivity index (χ3n) is 4.10. The van der Waals surface area contributed by atoms with Crippen molar-refractivity contribution in [1.29, 1.82) is 0 Å².